The van der Waals surface area contributed by atoms with Crippen LogP contribution in [-0.4, -0.2) is 29.6 Å². The molecule has 2 unspecified atom stereocenters. The van der Waals surface area contributed by atoms with Crippen LogP contribution < -0.4 is 16.0 Å². The van der Waals surface area contributed by atoms with Crippen LogP contribution in [-0.2, 0) is 0 Å². The molecule has 0 amide bonds. The molecule has 1 saturated heterocycles. The normalized spacial score (nSPS) is 27.1. The maximum absolute atomic E-state index is 5.79. The van der Waals surface area contributed by atoms with Crippen molar-refractivity contribution in [1.29, 1.82) is 0 Å². The highest BCUT2D eigenvalue weighted by atomic mass is 15.3. The molecule has 3 rings (SSSR count). The van der Waals surface area contributed by atoms with Crippen LogP contribution in [0.1, 0.15) is 32.1 Å². The average molecular weight is 247 g/mol. The zero-order valence-electron chi connectivity index (χ0n) is 10.9. The van der Waals surface area contributed by atoms with Crippen LogP contribution in [0.4, 0.5) is 17.6 Å². The van der Waals surface area contributed by atoms with Crippen molar-refractivity contribution in [1.82, 2.24) is 9.97 Å². The summed E-state index contributed by atoms with van der Waals surface area (Å²) < 4.78 is 0. The second-order valence-electron chi connectivity index (χ2n) is 5.31. The summed E-state index contributed by atoms with van der Waals surface area (Å²) >= 11 is 0. The fourth-order valence-corrected chi connectivity index (χ4v) is 3.47. The van der Waals surface area contributed by atoms with Crippen LogP contribution in [0, 0.1) is 5.92 Å². The summed E-state index contributed by atoms with van der Waals surface area (Å²) in [6, 6.07) is 2.68. The van der Waals surface area contributed by atoms with Gasteiger partial charge in [0.1, 0.15) is 11.6 Å². The minimum absolute atomic E-state index is 0.358. The predicted molar refractivity (Wildman–Crippen MR) is 73.7 cm³/mol. The lowest BCUT2D eigenvalue weighted by Crippen LogP contribution is -2.43. The molecule has 1 aromatic rings. The lowest BCUT2D eigenvalue weighted by molar-refractivity contribution is 0.360. The van der Waals surface area contributed by atoms with E-state index in [0.29, 0.717) is 12.0 Å². The number of nitrogens with zero attached hydrogens (tertiary/aromatic N) is 3. The summed E-state index contributed by atoms with van der Waals surface area (Å²) in [5.41, 5.74) is 5.79. The van der Waals surface area contributed by atoms with Crippen molar-refractivity contribution in [3.63, 3.8) is 0 Å². The van der Waals surface area contributed by atoms with Gasteiger partial charge in [0.15, 0.2) is 0 Å². The Kier molecular flexibility index (Phi) is 2.97. The molecule has 0 bridgehead atoms. The van der Waals surface area contributed by atoms with E-state index in [1.165, 1.54) is 32.1 Å². The van der Waals surface area contributed by atoms with Gasteiger partial charge in [-0.1, -0.05) is 6.42 Å². The van der Waals surface area contributed by atoms with Crippen molar-refractivity contribution in [3.8, 4) is 0 Å². The van der Waals surface area contributed by atoms with Crippen molar-refractivity contribution in [3.05, 3.63) is 6.07 Å². The number of hydrogen-bond donors (Lipinski definition) is 2. The van der Waals surface area contributed by atoms with E-state index in [1.54, 1.807) is 0 Å². The number of anilines is 3. The van der Waals surface area contributed by atoms with Gasteiger partial charge < -0.3 is 16.0 Å². The average Bonchev–Trinajstić information content (AvgIpc) is 2.85. The lowest BCUT2D eigenvalue weighted by atomic mass is 9.92. The number of hydrogen-bond acceptors (Lipinski definition) is 5. The second-order valence-corrected chi connectivity index (χ2v) is 5.31. The Balaban J connectivity index is 1.90. The smallest absolute Gasteiger partial charge is 0.223 e. The van der Waals surface area contributed by atoms with Crippen LogP contribution in [0.25, 0.3) is 0 Å². The number of rotatable bonds is 2. The fraction of sp³-hybridized carbons (Fsp3) is 0.692. The van der Waals surface area contributed by atoms with E-state index in [-0.39, 0.29) is 0 Å². The first-order valence-electron chi connectivity index (χ1n) is 6.87. The first kappa shape index (κ1) is 11.6. The van der Waals surface area contributed by atoms with E-state index in [9.17, 15) is 0 Å². The summed E-state index contributed by atoms with van der Waals surface area (Å²) in [6.07, 6.45) is 6.66. The predicted octanol–water partition coefficient (Wildman–Crippen LogP) is 1.87. The maximum Gasteiger partial charge on any atom is 0.223 e. The third kappa shape index (κ3) is 1.98. The molecule has 1 aliphatic heterocycles. The van der Waals surface area contributed by atoms with Crippen LogP contribution in [0.2, 0.25) is 0 Å². The Morgan fingerprint density at radius 2 is 2.11 bits per heavy atom. The largest absolute Gasteiger partial charge is 0.373 e. The van der Waals surface area contributed by atoms with E-state index < -0.39 is 0 Å². The van der Waals surface area contributed by atoms with Crippen molar-refractivity contribution < 1.29 is 0 Å². The summed E-state index contributed by atoms with van der Waals surface area (Å²) in [6.45, 7) is 1.10. The van der Waals surface area contributed by atoms with Crippen molar-refractivity contribution >= 4 is 17.6 Å². The summed E-state index contributed by atoms with van der Waals surface area (Å²) in [7, 11) is 1.86. The van der Waals surface area contributed by atoms with Gasteiger partial charge >= 0.3 is 0 Å². The number of nitrogens with two attached hydrogens (primary N) is 1. The third-order valence-electron chi connectivity index (χ3n) is 4.27. The van der Waals surface area contributed by atoms with E-state index >= 15 is 0 Å². The van der Waals surface area contributed by atoms with Gasteiger partial charge in [-0.3, -0.25) is 0 Å². The van der Waals surface area contributed by atoms with Gasteiger partial charge in [-0.05, 0) is 31.6 Å². The van der Waals surface area contributed by atoms with Crippen LogP contribution in [0.5, 0.6) is 0 Å². The second kappa shape index (κ2) is 4.63. The van der Waals surface area contributed by atoms with Crippen LogP contribution in [0.15, 0.2) is 6.07 Å². The molecular formula is C13H21N5. The quantitative estimate of drug-likeness (QED) is 0.835. The van der Waals surface area contributed by atoms with Crippen molar-refractivity contribution in [2.45, 2.75) is 38.1 Å². The molecular weight excluding hydrogens is 226 g/mol. The molecule has 1 saturated carbocycles. The molecule has 18 heavy (non-hydrogen) atoms. The highest BCUT2D eigenvalue weighted by Gasteiger charge is 2.35. The maximum atomic E-state index is 5.79. The molecule has 2 aliphatic rings. The fourth-order valence-electron chi connectivity index (χ4n) is 3.47. The van der Waals surface area contributed by atoms with Gasteiger partial charge in [0.2, 0.25) is 5.95 Å². The minimum Gasteiger partial charge on any atom is -0.373 e. The summed E-state index contributed by atoms with van der Waals surface area (Å²) in [5, 5.41) is 3.05. The van der Waals surface area contributed by atoms with Gasteiger partial charge in [-0.25, -0.2) is 0 Å². The number of nitrogen functional groups attached to an aromatic ring is 1. The highest BCUT2D eigenvalue weighted by Crippen LogP contribution is 2.38. The zero-order chi connectivity index (χ0) is 12.5. The van der Waals surface area contributed by atoms with Crippen molar-refractivity contribution in [2.24, 2.45) is 5.92 Å². The van der Waals surface area contributed by atoms with E-state index in [1.807, 2.05) is 13.1 Å². The van der Waals surface area contributed by atoms with E-state index in [0.717, 1.165) is 24.1 Å². The molecule has 0 radical (unpaired) electrons. The topological polar surface area (TPSA) is 67.1 Å². The Morgan fingerprint density at radius 1 is 1.28 bits per heavy atom. The Bertz CT molecular complexity index is 433. The first-order valence-corrected chi connectivity index (χ1v) is 6.87. The number of nitrogens with one attached hydrogen (secondary N) is 1. The zero-order valence-corrected chi connectivity index (χ0v) is 10.9. The van der Waals surface area contributed by atoms with E-state index in [2.05, 4.69) is 20.2 Å². The molecule has 3 N–H and O–H groups in total. The van der Waals surface area contributed by atoms with Gasteiger partial charge in [0.05, 0.1) is 0 Å². The summed E-state index contributed by atoms with van der Waals surface area (Å²) in [4.78, 5) is 11.0. The molecule has 2 heterocycles. The van der Waals surface area contributed by atoms with Gasteiger partial charge in [0, 0.05) is 25.7 Å². The van der Waals surface area contributed by atoms with Gasteiger partial charge in [-0.15, -0.1) is 0 Å². The number of piperidine rings is 1. The molecule has 5 nitrogen and oxygen atoms in total. The number of aromatic nitrogens is 2. The lowest BCUT2D eigenvalue weighted by Gasteiger charge is -2.38. The molecule has 0 aromatic carbocycles. The highest BCUT2D eigenvalue weighted by molar-refractivity contribution is 5.53. The molecule has 98 valence electrons. The molecule has 5 heteroatoms. The Morgan fingerprint density at radius 3 is 2.94 bits per heavy atom. The van der Waals surface area contributed by atoms with Crippen LogP contribution in [0.3, 0.4) is 0 Å². The van der Waals surface area contributed by atoms with Gasteiger partial charge in [-0.2, -0.15) is 9.97 Å². The first-order chi connectivity index (χ1) is 8.78. The monoisotopic (exact) mass is 247 g/mol. The molecule has 2 atom stereocenters. The molecule has 0 spiro atoms. The van der Waals surface area contributed by atoms with Crippen molar-refractivity contribution in [2.75, 3.05) is 29.5 Å². The molecule has 2 fully saturated rings. The molecule has 1 aromatic heterocycles. The minimum atomic E-state index is 0.358. The third-order valence-corrected chi connectivity index (χ3v) is 4.27. The SMILES string of the molecule is CNc1cc(N2CCCC3CCCC32)nc(N)n1. The summed E-state index contributed by atoms with van der Waals surface area (Å²) in [5.74, 6) is 3.01. The standard InChI is InChI=1S/C13H21N5/c1-15-11-8-12(17-13(14)16-11)18-7-3-5-9-4-2-6-10(9)18/h8-10H,2-7H2,1H3,(H3,14,15,16,17). The van der Waals surface area contributed by atoms with Crippen LogP contribution >= 0.6 is 0 Å². The molecule has 1 aliphatic carbocycles. The Labute approximate surface area is 108 Å². The Hall–Kier alpha value is -1.52. The van der Waals surface area contributed by atoms with Gasteiger partial charge in [0.25, 0.3) is 0 Å². The number of fused-ring (bicyclic) bond motifs is 1. The van der Waals surface area contributed by atoms with E-state index in [4.69, 9.17) is 5.73 Å².